The van der Waals surface area contributed by atoms with Crippen LogP contribution in [0.25, 0.3) is 17.0 Å². The van der Waals surface area contributed by atoms with Crippen molar-refractivity contribution in [3.05, 3.63) is 83.5 Å². The zero-order valence-corrected chi connectivity index (χ0v) is 19.5. The normalized spacial score (nSPS) is 17.2. The SMILES string of the molecule is CC1(C)OB(C(=Cc2ccc3cccnc3c2)CNC(=O)OCc2ccccc2)OC1(C)C. The van der Waals surface area contributed by atoms with E-state index >= 15 is 0 Å². The first kappa shape index (κ1) is 23.0. The van der Waals surface area contributed by atoms with E-state index in [-0.39, 0.29) is 13.2 Å². The van der Waals surface area contributed by atoms with Crippen molar-refractivity contribution in [3.63, 3.8) is 0 Å². The summed E-state index contributed by atoms with van der Waals surface area (Å²) in [4.78, 5) is 16.8. The van der Waals surface area contributed by atoms with Crippen LogP contribution in [-0.2, 0) is 20.7 Å². The van der Waals surface area contributed by atoms with E-state index in [9.17, 15) is 4.79 Å². The molecule has 0 saturated carbocycles. The van der Waals surface area contributed by atoms with E-state index in [1.807, 2.05) is 94.4 Å². The van der Waals surface area contributed by atoms with Gasteiger partial charge < -0.3 is 19.4 Å². The van der Waals surface area contributed by atoms with E-state index in [2.05, 4.69) is 10.3 Å². The van der Waals surface area contributed by atoms with Crippen LogP contribution in [0.3, 0.4) is 0 Å². The van der Waals surface area contributed by atoms with Crippen LogP contribution in [0.4, 0.5) is 4.79 Å². The highest BCUT2D eigenvalue weighted by Gasteiger charge is 2.52. The van der Waals surface area contributed by atoms with Crippen LogP contribution in [-0.4, -0.2) is 35.9 Å². The number of pyridine rings is 1. The van der Waals surface area contributed by atoms with Gasteiger partial charge in [-0.2, -0.15) is 0 Å². The lowest BCUT2D eigenvalue weighted by Gasteiger charge is -2.32. The summed E-state index contributed by atoms with van der Waals surface area (Å²) >= 11 is 0. The fraction of sp³-hybridized carbons (Fsp3) is 0.308. The number of hydrogen-bond donors (Lipinski definition) is 1. The molecule has 1 amide bonds. The van der Waals surface area contributed by atoms with E-state index < -0.39 is 24.4 Å². The molecule has 0 radical (unpaired) electrons. The molecule has 1 saturated heterocycles. The topological polar surface area (TPSA) is 69.7 Å². The molecule has 1 N–H and O–H groups in total. The first-order valence-electron chi connectivity index (χ1n) is 11.1. The molecule has 33 heavy (non-hydrogen) atoms. The number of nitrogens with one attached hydrogen (secondary N) is 1. The van der Waals surface area contributed by atoms with Crippen LogP contribution < -0.4 is 5.32 Å². The second kappa shape index (κ2) is 9.37. The third-order valence-corrected chi connectivity index (χ3v) is 6.19. The molecule has 1 fully saturated rings. The van der Waals surface area contributed by atoms with Gasteiger partial charge in [-0.05, 0) is 56.4 Å². The monoisotopic (exact) mass is 444 g/mol. The lowest BCUT2D eigenvalue weighted by Crippen LogP contribution is -2.41. The Morgan fingerprint density at radius 2 is 1.76 bits per heavy atom. The summed E-state index contributed by atoms with van der Waals surface area (Å²) in [6, 6.07) is 19.6. The second-order valence-electron chi connectivity index (χ2n) is 9.18. The molecule has 0 aliphatic carbocycles. The summed E-state index contributed by atoms with van der Waals surface area (Å²) in [5, 5.41) is 3.90. The number of ether oxygens (including phenoxy) is 1. The van der Waals surface area contributed by atoms with E-state index in [4.69, 9.17) is 14.0 Å². The number of carbonyl (C=O) groups is 1. The highest BCUT2D eigenvalue weighted by Crippen LogP contribution is 2.38. The molecule has 6 nitrogen and oxygen atoms in total. The van der Waals surface area contributed by atoms with Gasteiger partial charge in [0.15, 0.2) is 0 Å². The Bertz CT molecular complexity index is 1150. The average molecular weight is 444 g/mol. The highest BCUT2D eigenvalue weighted by atomic mass is 16.7. The van der Waals surface area contributed by atoms with Crippen molar-refractivity contribution in [2.75, 3.05) is 6.54 Å². The highest BCUT2D eigenvalue weighted by molar-refractivity contribution is 6.56. The lowest BCUT2D eigenvalue weighted by molar-refractivity contribution is 0.00578. The molecule has 2 aromatic carbocycles. The van der Waals surface area contributed by atoms with Crippen molar-refractivity contribution in [2.45, 2.75) is 45.5 Å². The van der Waals surface area contributed by atoms with E-state index in [1.165, 1.54) is 0 Å². The zero-order chi connectivity index (χ0) is 23.5. The van der Waals surface area contributed by atoms with Gasteiger partial charge in [0.2, 0.25) is 0 Å². The maximum absolute atomic E-state index is 12.4. The van der Waals surface area contributed by atoms with Crippen LogP contribution in [0.1, 0.15) is 38.8 Å². The number of alkyl carbamates (subject to hydrolysis) is 1. The summed E-state index contributed by atoms with van der Waals surface area (Å²) in [6.45, 7) is 8.46. The summed E-state index contributed by atoms with van der Waals surface area (Å²) in [7, 11) is -0.594. The summed E-state index contributed by atoms with van der Waals surface area (Å²) in [5.74, 6) is 0. The predicted molar refractivity (Wildman–Crippen MR) is 130 cm³/mol. The Labute approximate surface area is 195 Å². The Kier molecular flexibility index (Phi) is 6.54. The van der Waals surface area contributed by atoms with E-state index in [1.54, 1.807) is 6.20 Å². The molecule has 0 bridgehead atoms. The Morgan fingerprint density at radius 1 is 1.03 bits per heavy atom. The van der Waals surface area contributed by atoms with Crippen LogP contribution in [0, 0.1) is 0 Å². The lowest BCUT2D eigenvalue weighted by atomic mass is 9.77. The maximum atomic E-state index is 12.4. The molecular formula is C26H29BN2O4. The number of rotatable bonds is 6. The van der Waals surface area contributed by atoms with Gasteiger partial charge in [0.1, 0.15) is 6.61 Å². The summed E-state index contributed by atoms with van der Waals surface area (Å²) in [5.41, 5.74) is 2.59. The van der Waals surface area contributed by atoms with Crippen LogP contribution >= 0.6 is 0 Å². The second-order valence-corrected chi connectivity index (χ2v) is 9.18. The van der Waals surface area contributed by atoms with Gasteiger partial charge in [0.05, 0.1) is 16.7 Å². The van der Waals surface area contributed by atoms with Crippen molar-refractivity contribution in [3.8, 4) is 0 Å². The number of benzene rings is 2. The van der Waals surface area contributed by atoms with Gasteiger partial charge in [-0.15, -0.1) is 0 Å². The molecule has 1 aliphatic rings. The summed E-state index contributed by atoms with van der Waals surface area (Å²) < 4.78 is 17.9. The number of fused-ring (bicyclic) bond motifs is 1. The van der Waals surface area contributed by atoms with Crippen molar-refractivity contribution in [1.29, 1.82) is 0 Å². The first-order valence-corrected chi connectivity index (χ1v) is 11.1. The minimum absolute atomic E-state index is 0.207. The molecule has 0 unspecified atom stereocenters. The van der Waals surface area contributed by atoms with Gasteiger partial charge in [-0.25, -0.2) is 4.79 Å². The van der Waals surface area contributed by atoms with E-state index in [0.717, 1.165) is 27.5 Å². The van der Waals surface area contributed by atoms with Crippen molar-refractivity contribution < 1.29 is 18.8 Å². The van der Waals surface area contributed by atoms with Gasteiger partial charge in [-0.3, -0.25) is 4.98 Å². The van der Waals surface area contributed by atoms with Crippen molar-refractivity contribution in [2.24, 2.45) is 0 Å². The van der Waals surface area contributed by atoms with Crippen LogP contribution in [0.15, 0.2) is 72.3 Å². The maximum Gasteiger partial charge on any atom is 0.492 e. The number of amides is 1. The Morgan fingerprint density at radius 3 is 2.48 bits per heavy atom. The minimum Gasteiger partial charge on any atom is -0.445 e. The summed E-state index contributed by atoms with van der Waals surface area (Å²) in [6.07, 6.45) is 3.25. The molecule has 7 heteroatoms. The molecule has 1 aliphatic heterocycles. The number of aromatic nitrogens is 1. The largest absolute Gasteiger partial charge is 0.492 e. The van der Waals surface area contributed by atoms with Crippen molar-refractivity contribution in [1.82, 2.24) is 10.3 Å². The molecule has 0 spiro atoms. The Balaban J connectivity index is 1.52. The number of hydrogen-bond acceptors (Lipinski definition) is 5. The van der Waals surface area contributed by atoms with Crippen molar-refractivity contribution >= 4 is 30.2 Å². The third-order valence-electron chi connectivity index (χ3n) is 6.19. The van der Waals surface area contributed by atoms with Crippen LogP contribution in [0.5, 0.6) is 0 Å². The molecule has 4 rings (SSSR count). The number of nitrogens with zero attached hydrogens (tertiary/aromatic N) is 1. The number of carbonyl (C=O) groups excluding carboxylic acids is 1. The van der Waals surface area contributed by atoms with Crippen LogP contribution in [0.2, 0.25) is 0 Å². The van der Waals surface area contributed by atoms with Gasteiger partial charge >= 0.3 is 13.2 Å². The standard InChI is InChI=1S/C26H29BN2O4/c1-25(2)26(3,4)33-27(32-25)22(15-20-12-13-21-11-8-14-28-23(21)16-20)17-29-24(30)31-18-19-9-6-5-7-10-19/h5-16H,17-18H2,1-4H3,(H,29,30). The average Bonchev–Trinajstić information content (AvgIpc) is 3.02. The fourth-order valence-corrected chi connectivity index (χ4v) is 3.53. The smallest absolute Gasteiger partial charge is 0.445 e. The molecule has 1 aromatic heterocycles. The Hall–Kier alpha value is -3.16. The molecule has 0 atom stereocenters. The minimum atomic E-state index is -0.594. The molecule has 170 valence electrons. The zero-order valence-electron chi connectivity index (χ0n) is 19.5. The third kappa shape index (κ3) is 5.43. The quantitative estimate of drug-likeness (QED) is 0.531. The van der Waals surface area contributed by atoms with Gasteiger partial charge in [0, 0.05) is 18.1 Å². The van der Waals surface area contributed by atoms with Gasteiger partial charge in [-0.1, -0.05) is 54.6 Å². The first-order chi connectivity index (χ1) is 15.7. The van der Waals surface area contributed by atoms with E-state index in [0.29, 0.717) is 0 Å². The van der Waals surface area contributed by atoms with Gasteiger partial charge in [0.25, 0.3) is 0 Å². The fourth-order valence-electron chi connectivity index (χ4n) is 3.53. The molecular weight excluding hydrogens is 415 g/mol. The molecule has 3 aromatic rings. The molecule has 2 heterocycles. The predicted octanol–water partition coefficient (Wildman–Crippen LogP) is 5.18.